The Kier molecular flexibility index (Phi) is 4.49. The van der Waals surface area contributed by atoms with Crippen LogP contribution in [0.5, 0.6) is 0 Å². The Labute approximate surface area is 122 Å². The van der Waals surface area contributed by atoms with Crippen LogP contribution in [0, 0.1) is 6.92 Å². The molecule has 0 fully saturated rings. The van der Waals surface area contributed by atoms with Crippen molar-refractivity contribution in [2.45, 2.75) is 25.0 Å². The average Bonchev–Trinajstić information content (AvgIpc) is 2.82. The van der Waals surface area contributed by atoms with Gasteiger partial charge in [-0.15, -0.1) is 0 Å². The number of aliphatic hydroxyl groups excluding tert-OH is 1. The van der Waals surface area contributed by atoms with E-state index in [2.05, 4.69) is 4.72 Å². The number of aryl methyl sites for hydroxylation is 1. The Hall–Kier alpha value is -1.34. The number of furan rings is 1. The van der Waals surface area contributed by atoms with Crippen LogP contribution < -0.4 is 4.72 Å². The summed E-state index contributed by atoms with van der Waals surface area (Å²) >= 11 is 5.89. The van der Waals surface area contributed by atoms with Gasteiger partial charge in [-0.3, -0.25) is 0 Å². The van der Waals surface area contributed by atoms with Crippen molar-refractivity contribution in [2.24, 2.45) is 0 Å². The quantitative estimate of drug-likeness (QED) is 0.886. The van der Waals surface area contributed by atoms with Crippen LogP contribution in [0.3, 0.4) is 0 Å². The van der Waals surface area contributed by atoms with Gasteiger partial charge in [-0.25, -0.2) is 13.1 Å². The van der Waals surface area contributed by atoms with Crippen molar-refractivity contribution in [2.75, 3.05) is 0 Å². The van der Waals surface area contributed by atoms with E-state index in [1.165, 1.54) is 18.2 Å². The molecule has 2 aromatic rings. The summed E-state index contributed by atoms with van der Waals surface area (Å²) in [7, 11) is -3.67. The zero-order valence-electron chi connectivity index (χ0n) is 10.8. The summed E-state index contributed by atoms with van der Waals surface area (Å²) in [4.78, 5) is 0.0444. The first-order valence-corrected chi connectivity index (χ1v) is 7.73. The predicted octanol–water partition coefficient (Wildman–Crippen LogP) is 2.21. The van der Waals surface area contributed by atoms with Crippen molar-refractivity contribution in [1.82, 2.24) is 4.72 Å². The fraction of sp³-hybridized carbons (Fsp3) is 0.231. The molecular weight excluding hydrogens is 302 g/mol. The highest BCUT2D eigenvalue weighted by Gasteiger charge is 2.16. The fourth-order valence-electron chi connectivity index (χ4n) is 1.65. The highest BCUT2D eigenvalue weighted by Crippen LogP contribution is 2.21. The molecule has 1 aromatic heterocycles. The number of hydrogen-bond donors (Lipinski definition) is 2. The standard InChI is InChI=1S/C13H14ClNO4S/c1-9-2-4-11(19-9)7-15-20(17,18)12-5-3-10(8-16)13(14)6-12/h2-6,15-16H,7-8H2,1H3. The van der Waals surface area contributed by atoms with Crippen LogP contribution in [0.2, 0.25) is 5.02 Å². The molecule has 0 bridgehead atoms. The minimum atomic E-state index is -3.67. The Morgan fingerprint density at radius 3 is 2.60 bits per heavy atom. The summed E-state index contributed by atoms with van der Waals surface area (Å²) in [6, 6.07) is 7.65. The van der Waals surface area contributed by atoms with Gasteiger partial charge >= 0.3 is 0 Å². The van der Waals surface area contributed by atoms with E-state index < -0.39 is 10.0 Å². The summed E-state index contributed by atoms with van der Waals surface area (Å²) in [6.07, 6.45) is 0. The number of aliphatic hydroxyl groups is 1. The molecule has 0 saturated carbocycles. The Balaban J connectivity index is 2.15. The van der Waals surface area contributed by atoms with Crippen molar-refractivity contribution in [3.63, 3.8) is 0 Å². The lowest BCUT2D eigenvalue weighted by Gasteiger charge is -2.07. The molecule has 1 heterocycles. The molecule has 0 radical (unpaired) electrons. The molecule has 2 N–H and O–H groups in total. The number of benzene rings is 1. The van der Waals surface area contributed by atoms with E-state index in [1.54, 1.807) is 19.1 Å². The summed E-state index contributed by atoms with van der Waals surface area (Å²) in [5.74, 6) is 1.25. The molecule has 7 heteroatoms. The largest absolute Gasteiger partial charge is 0.465 e. The van der Waals surface area contributed by atoms with E-state index in [4.69, 9.17) is 21.1 Å². The van der Waals surface area contributed by atoms with Gasteiger partial charge < -0.3 is 9.52 Å². The Bertz CT molecular complexity index is 709. The zero-order valence-corrected chi connectivity index (χ0v) is 12.3. The van der Waals surface area contributed by atoms with Crippen LogP contribution in [0.15, 0.2) is 39.6 Å². The van der Waals surface area contributed by atoms with Crippen LogP contribution >= 0.6 is 11.6 Å². The second-order valence-electron chi connectivity index (χ2n) is 4.25. The maximum atomic E-state index is 12.1. The molecule has 1 aromatic carbocycles. The van der Waals surface area contributed by atoms with Gasteiger partial charge in [-0.2, -0.15) is 0 Å². The lowest BCUT2D eigenvalue weighted by Crippen LogP contribution is -2.23. The van der Waals surface area contributed by atoms with E-state index in [-0.39, 0.29) is 23.1 Å². The van der Waals surface area contributed by atoms with Crippen molar-refractivity contribution in [3.8, 4) is 0 Å². The highest BCUT2D eigenvalue weighted by molar-refractivity contribution is 7.89. The first kappa shape index (κ1) is 15.1. The monoisotopic (exact) mass is 315 g/mol. The molecule has 0 spiro atoms. The normalized spacial score (nSPS) is 11.8. The Morgan fingerprint density at radius 2 is 2.05 bits per heavy atom. The molecule has 0 aliphatic heterocycles. The van der Waals surface area contributed by atoms with Crippen LogP contribution in [0.4, 0.5) is 0 Å². The molecule has 108 valence electrons. The van der Waals surface area contributed by atoms with Gasteiger partial charge in [0.05, 0.1) is 18.0 Å². The van der Waals surface area contributed by atoms with E-state index in [9.17, 15) is 8.42 Å². The average molecular weight is 316 g/mol. The molecule has 0 saturated heterocycles. The van der Waals surface area contributed by atoms with E-state index in [0.29, 0.717) is 11.3 Å². The predicted molar refractivity (Wildman–Crippen MR) is 74.8 cm³/mol. The highest BCUT2D eigenvalue weighted by atomic mass is 35.5. The molecule has 0 amide bonds. The maximum Gasteiger partial charge on any atom is 0.241 e. The molecule has 5 nitrogen and oxygen atoms in total. The van der Waals surface area contributed by atoms with Gasteiger partial charge in [0.25, 0.3) is 0 Å². The minimum absolute atomic E-state index is 0.0444. The first-order chi connectivity index (χ1) is 9.42. The molecular formula is C13H14ClNO4S. The second kappa shape index (κ2) is 5.97. The zero-order chi connectivity index (χ0) is 14.8. The third kappa shape index (κ3) is 3.40. The molecule has 2 rings (SSSR count). The topological polar surface area (TPSA) is 79.5 Å². The third-order valence-electron chi connectivity index (χ3n) is 2.74. The minimum Gasteiger partial charge on any atom is -0.465 e. The van der Waals surface area contributed by atoms with Crippen molar-refractivity contribution in [3.05, 3.63) is 52.4 Å². The second-order valence-corrected chi connectivity index (χ2v) is 6.42. The van der Waals surface area contributed by atoms with Gasteiger partial charge in [0.15, 0.2) is 0 Å². The number of sulfonamides is 1. The number of nitrogens with one attached hydrogen (secondary N) is 1. The van der Waals surface area contributed by atoms with Crippen molar-refractivity contribution < 1.29 is 17.9 Å². The summed E-state index contributed by atoms with van der Waals surface area (Å²) in [5, 5.41) is 9.22. The van der Waals surface area contributed by atoms with Crippen LogP contribution in [0.25, 0.3) is 0 Å². The van der Waals surface area contributed by atoms with E-state index in [0.717, 1.165) is 5.76 Å². The van der Waals surface area contributed by atoms with Gasteiger partial charge in [0.2, 0.25) is 10.0 Å². The van der Waals surface area contributed by atoms with Crippen LogP contribution in [0.1, 0.15) is 17.1 Å². The number of hydrogen-bond acceptors (Lipinski definition) is 4. The van der Waals surface area contributed by atoms with Gasteiger partial charge in [-0.05, 0) is 36.8 Å². The van der Waals surface area contributed by atoms with Crippen LogP contribution in [-0.2, 0) is 23.2 Å². The van der Waals surface area contributed by atoms with E-state index >= 15 is 0 Å². The van der Waals surface area contributed by atoms with Gasteiger partial charge in [0, 0.05) is 5.02 Å². The molecule has 20 heavy (non-hydrogen) atoms. The maximum absolute atomic E-state index is 12.1. The lowest BCUT2D eigenvalue weighted by atomic mass is 10.2. The number of rotatable bonds is 5. The van der Waals surface area contributed by atoms with E-state index in [1.807, 2.05) is 0 Å². The summed E-state index contributed by atoms with van der Waals surface area (Å²) in [6.45, 7) is 1.61. The summed E-state index contributed by atoms with van der Waals surface area (Å²) in [5.41, 5.74) is 0.479. The smallest absolute Gasteiger partial charge is 0.241 e. The molecule has 0 unspecified atom stereocenters. The lowest BCUT2D eigenvalue weighted by molar-refractivity contribution is 0.282. The van der Waals surface area contributed by atoms with Crippen molar-refractivity contribution in [1.29, 1.82) is 0 Å². The SMILES string of the molecule is Cc1ccc(CNS(=O)(=O)c2ccc(CO)c(Cl)c2)o1. The third-order valence-corrected chi connectivity index (χ3v) is 4.49. The Morgan fingerprint density at radius 1 is 1.30 bits per heavy atom. The van der Waals surface area contributed by atoms with Gasteiger partial charge in [0.1, 0.15) is 11.5 Å². The fourth-order valence-corrected chi connectivity index (χ4v) is 2.98. The first-order valence-electron chi connectivity index (χ1n) is 5.86. The molecule has 0 aliphatic carbocycles. The van der Waals surface area contributed by atoms with Crippen LogP contribution in [-0.4, -0.2) is 13.5 Å². The molecule has 0 atom stereocenters. The summed E-state index contributed by atoms with van der Waals surface area (Å²) < 4.78 is 31.9. The van der Waals surface area contributed by atoms with Crippen molar-refractivity contribution >= 4 is 21.6 Å². The van der Waals surface area contributed by atoms with Gasteiger partial charge in [-0.1, -0.05) is 17.7 Å². The number of halogens is 1. The molecule has 0 aliphatic rings.